The number of nitrogens with zero attached hydrogens (tertiary/aromatic N) is 1. The van der Waals surface area contributed by atoms with E-state index < -0.39 is 0 Å². The predicted octanol–water partition coefficient (Wildman–Crippen LogP) is 1.51. The van der Waals surface area contributed by atoms with Gasteiger partial charge in [0.15, 0.2) is 0 Å². The number of pyridine rings is 1. The van der Waals surface area contributed by atoms with E-state index in [1.165, 1.54) is 0 Å². The summed E-state index contributed by atoms with van der Waals surface area (Å²) in [5.41, 5.74) is 1.93. The van der Waals surface area contributed by atoms with Crippen molar-refractivity contribution in [3.63, 3.8) is 0 Å². The molecule has 1 heterocycles. The third kappa shape index (κ3) is 3.73. The number of unbranched alkanes of at least 4 members (excludes halogenated alkanes) is 1. The summed E-state index contributed by atoms with van der Waals surface area (Å²) in [7, 11) is 0. The Bertz CT molecular complexity index is 305. The molecule has 0 radical (unpaired) electrons. The molecule has 0 unspecified atom stereocenters. The van der Waals surface area contributed by atoms with Gasteiger partial charge in [-0.15, -0.1) is 0 Å². The molecule has 1 aromatic rings. The maximum absolute atomic E-state index is 8.52. The maximum atomic E-state index is 8.52. The summed E-state index contributed by atoms with van der Waals surface area (Å²) < 4.78 is 0. The molecule has 0 aliphatic heterocycles. The van der Waals surface area contributed by atoms with Gasteiger partial charge >= 0.3 is 0 Å². The second kappa shape index (κ2) is 5.34. The molecule has 0 aliphatic rings. The molecular weight excluding hydrogens is 162 g/mol. The third-order valence-electron chi connectivity index (χ3n) is 1.59. The quantitative estimate of drug-likeness (QED) is 0.546. The monoisotopic (exact) mass is 175 g/mol. The van der Waals surface area contributed by atoms with E-state index in [0.717, 1.165) is 24.1 Å². The van der Waals surface area contributed by atoms with Crippen molar-refractivity contribution in [2.45, 2.75) is 19.8 Å². The molecule has 1 aromatic heterocycles. The van der Waals surface area contributed by atoms with Gasteiger partial charge in [0.1, 0.15) is 5.69 Å². The summed E-state index contributed by atoms with van der Waals surface area (Å²) in [6.07, 6.45) is 3.26. The minimum absolute atomic E-state index is 0.204. The van der Waals surface area contributed by atoms with Gasteiger partial charge in [-0.3, -0.25) is 0 Å². The first-order valence-corrected chi connectivity index (χ1v) is 4.35. The number of rotatable bonds is 2. The Labute approximate surface area is 78.6 Å². The lowest BCUT2D eigenvalue weighted by atomic mass is 10.2. The van der Waals surface area contributed by atoms with Crippen molar-refractivity contribution in [1.29, 1.82) is 0 Å². The van der Waals surface area contributed by atoms with Crippen LogP contribution < -0.4 is 0 Å². The SMILES string of the molecule is Cc1ccc(C#CCCCO)nc1. The van der Waals surface area contributed by atoms with Gasteiger partial charge in [0.05, 0.1) is 0 Å². The molecular formula is C11H13NO. The minimum Gasteiger partial charge on any atom is -0.396 e. The lowest BCUT2D eigenvalue weighted by Crippen LogP contribution is -1.83. The number of aliphatic hydroxyl groups excluding tert-OH is 1. The van der Waals surface area contributed by atoms with Gasteiger partial charge in [-0.2, -0.15) is 0 Å². The number of aromatic nitrogens is 1. The number of aryl methyl sites for hydroxylation is 1. The van der Waals surface area contributed by atoms with E-state index in [2.05, 4.69) is 16.8 Å². The van der Waals surface area contributed by atoms with Crippen LogP contribution in [0.5, 0.6) is 0 Å². The molecule has 0 saturated carbocycles. The van der Waals surface area contributed by atoms with Crippen molar-refractivity contribution in [2.75, 3.05) is 6.61 Å². The molecule has 0 atom stereocenters. The van der Waals surface area contributed by atoms with Crippen LogP contribution in [0, 0.1) is 18.8 Å². The molecule has 0 spiro atoms. The van der Waals surface area contributed by atoms with Crippen LogP contribution in [0.2, 0.25) is 0 Å². The van der Waals surface area contributed by atoms with Gasteiger partial charge < -0.3 is 5.11 Å². The molecule has 0 saturated heterocycles. The molecule has 0 bridgehead atoms. The van der Waals surface area contributed by atoms with E-state index in [4.69, 9.17) is 5.11 Å². The van der Waals surface area contributed by atoms with Gasteiger partial charge in [-0.1, -0.05) is 12.0 Å². The molecule has 1 rings (SSSR count). The largest absolute Gasteiger partial charge is 0.396 e. The Kier molecular flexibility index (Phi) is 4.01. The molecule has 13 heavy (non-hydrogen) atoms. The first kappa shape index (κ1) is 9.76. The fourth-order valence-corrected chi connectivity index (χ4v) is 0.862. The van der Waals surface area contributed by atoms with Gasteiger partial charge in [-0.05, 0) is 30.9 Å². The summed E-state index contributed by atoms with van der Waals surface area (Å²) >= 11 is 0. The highest BCUT2D eigenvalue weighted by atomic mass is 16.2. The molecule has 0 aromatic carbocycles. The fraction of sp³-hybridized carbons (Fsp3) is 0.364. The zero-order valence-electron chi connectivity index (χ0n) is 7.75. The van der Waals surface area contributed by atoms with Crippen LogP contribution in [0.15, 0.2) is 18.3 Å². The average molecular weight is 175 g/mol. The van der Waals surface area contributed by atoms with Gasteiger partial charge in [0, 0.05) is 19.2 Å². The average Bonchev–Trinajstić information content (AvgIpc) is 2.15. The summed E-state index contributed by atoms with van der Waals surface area (Å²) in [4.78, 5) is 4.14. The fourth-order valence-electron chi connectivity index (χ4n) is 0.862. The van der Waals surface area contributed by atoms with Crippen molar-refractivity contribution < 1.29 is 5.11 Å². The Morgan fingerprint density at radius 2 is 2.31 bits per heavy atom. The Hall–Kier alpha value is -1.33. The smallest absolute Gasteiger partial charge is 0.113 e. The lowest BCUT2D eigenvalue weighted by molar-refractivity contribution is 0.290. The minimum atomic E-state index is 0.204. The standard InChI is InChI=1S/C11H13NO/c1-10-6-7-11(12-9-10)5-3-2-4-8-13/h6-7,9,13H,2,4,8H2,1H3. The van der Waals surface area contributed by atoms with Crippen LogP contribution >= 0.6 is 0 Å². The molecule has 0 aliphatic carbocycles. The van der Waals surface area contributed by atoms with E-state index in [1.54, 1.807) is 6.20 Å². The number of aliphatic hydroxyl groups is 1. The van der Waals surface area contributed by atoms with Crippen LogP contribution in [-0.2, 0) is 0 Å². The lowest BCUT2D eigenvalue weighted by Gasteiger charge is -1.90. The van der Waals surface area contributed by atoms with Crippen LogP contribution in [0.25, 0.3) is 0 Å². The van der Waals surface area contributed by atoms with Crippen LogP contribution in [0.3, 0.4) is 0 Å². The summed E-state index contributed by atoms with van der Waals surface area (Å²) in [5, 5.41) is 8.52. The van der Waals surface area contributed by atoms with Crippen LogP contribution in [-0.4, -0.2) is 16.7 Å². The predicted molar refractivity (Wildman–Crippen MR) is 52.2 cm³/mol. The molecule has 68 valence electrons. The summed E-state index contributed by atoms with van der Waals surface area (Å²) in [6.45, 7) is 2.20. The summed E-state index contributed by atoms with van der Waals surface area (Å²) in [5.74, 6) is 5.88. The van der Waals surface area contributed by atoms with E-state index >= 15 is 0 Å². The Balaban J connectivity index is 2.52. The van der Waals surface area contributed by atoms with Gasteiger partial charge in [0.2, 0.25) is 0 Å². The van der Waals surface area contributed by atoms with Crippen LogP contribution in [0.1, 0.15) is 24.1 Å². The molecule has 2 heteroatoms. The zero-order chi connectivity index (χ0) is 9.52. The second-order valence-corrected chi connectivity index (χ2v) is 2.85. The van der Waals surface area contributed by atoms with E-state index in [-0.39, 0.29) is 6.61 Å². The van der Waals surface area contributed by atoms with Crippen molar-refractivity contribution in [3.05, 3.63) is 29.6 Å². The van der Waals surface area contributed by atoms with Crippen molar-refractivity contribution >= 4 is 0 Å². The molecule has 0 fully saturated rings. The zero-order valence-corrected chi connectivity index (χ0v) is 7.75. The highest BCUT2D eigenvalue weighted by molar-refractivity contribution is 5.28. The highest BCUT2D eigenvalue weighted by Gasteiger charge is 1.86. The topological polar surface area (TPSA) is 33.1 Å². The Morgan fingerprint density at radius 3 is 2.92 bits per heavy atom. The second-order valence-electron chi connectivity index (χ2n) is 2.85. The number of hydrogen-bond donors (Lipinski definition) is 1. The maximum Gasteiger partial charge on any atom is 0.113 e. The van der Waals surface area contributed by atoms with Gasteiger partial charge in [-0.25, -0.2) is 4.98 Å². The van der Waals surface area contributed by atoms with E-state index in [9.17, 15) is 0 Å². The van der Waals surface area contributed by atoms with Gasteiger partial charge in [0.25, 0.3) is 0 Å². The Morgan fingerprint density at radius 1 is 1.46 bits per heavy atom. The first-order valence-electron chi connectivity index (χ1n) is 4.35. The van der Waals surface area contributed by atoms with Crippen molar-refractivity contribution in [1.82, 2.24) is 4.98 Å². The van der Waals surface area contributed by atoms with Crippen LogP contribution in [0.4, 0.5) is 0 Å². The molecule has 0 amide bonds. The van der Waals surface area contributed by atoms with Crippen molar-refractivity contribution in [3.8, 4) is 11.8 Å². The number of hydrogen-bond acceptors (Lipinski definition) is 2. The molecule has 2 nitrogen and oxygen atoms in total. The normalized spacial score (nSPS) is 9.08. The third-order valence-corrected chi connectivity index (χ3v) is 1.59. The van der Waals surface area contributed by atoms with Crippen molar-refractivity contribution in [2.24, 2.45) is 0 Å². The highest BCUT2D eigenvalue weighted by Crippen LogP contribution is 1.96. The van der Waals surface area contributed by atoms with E-state index in [0.29, 0.717) is 0 Å². The molecule has 1 N–H and O–H groups in total. The summed E-state index contributed by atoms with van der Waals surface area (Å²) in [6, 6.07) is 3.89. The van der Waals surface area contributed by atoms with E-state index in [1.807, 2.05) is 19.1 Å². The first-order chi connectivity index (χ1) is 6.33.